The van der Waals surface area contributed by atoms with Gasteiger partial charge in [-0.15, -0.1) is 11.3 Å². The highest BCUT2D eigenvalue weighted by Gasteiger charge is 2.15. The molecule has 0 radical (unpaired) electrons. The van der Waals surface area contributed by atoms with Crippen LogP contribution in [0.15, 0.2) is 29.6 Å². The van der Waals surface area contributed by atoms with E-state index in [9.17, 15) is 4.79 Å². The van der Waals surface area contributed by atoms with Crippen molar-refractivity contribution in [3.05, 3.63) is 40.4 Å². The normalized spacial score (nSPS) is 10.6. The number of halogens is 1. The first-order valence-corrected chi connectivity index (χ1v) is 7.49. The summed E-state index contributed by atoms with van der Waals surface area (Å²) in [6, 6.07) is 7.44. The molecule has 106 valence electrons. The van der Waals surface area contributed by atoms with E-state index in [4.69, 9.17) is 11.6 Å². The van der Waals surface area contributed by atoms with Crippen LogP contribution in [0, 0.1) is 0 Å². The number of carbonyl (C=O) groups excluding carboxylic acids is 1. The molecule has 0 aliphatic rings. The van der Waals surface area contributed by atoms with Gasteiger partial charge in [-0.25, -0.2) is 4.98 Å². The first-order chi connectivity index (χ1) is 9.61. The van der Waals surface area contributed by atoms with Crippen LogP contribution in [-0.4, -0.2) is 43.0 Å². The van der Waals surface area contributed by atoms with Gasteiger partial charge in [-0.2, -0.15) is 0 Å². The number of amides is 1. The third-order valence-corrected chi connectivity index (χ3v) is 4.00. The number of thiazole rings is 1. The largest absolute Gasteiger partial charge is 0.339 e. The summed E-state index contributed by atoms with van der Waals surface area (Å²) >= 11 is 7.32. The molecular formula is C14H16ClN3OS. The summed E-state index contributed by atoms with van der Waals surface area (Å²) in [5.74, 6) is -0.0586. The summed E-state index contributed by atoms with van der Waals surface area (Å²) in [5, 5.41) is 6.33. The lowest BCUT2D eigenvalue weighted by Gasteiger charge is -2.15. The van der Waals surface area contributed by atoms with Gasteiger partial charge in [0.2, 0.25) is 0 Å². The standard InChI is InChI=1S/C14H16ClN3OS/c1-16-7-8-18(2)14(19)12-9-20-13(17-12)10-3-5-11(15)6-4-10/h3-6,9,16H,7-8H2,1-2H3. The number of benzene rings is 1. The fourth-order valence-corrected chi connectivity index (χ4v) is 2.60. The number of nitrogens with zero attached hydrogens (tertiary/aromatic N) is 2. The van der Waals surface area contributed by atoms with E-state index < -0.39 is 0 Å². The highest BCUT2D eigenvalue weighted by Crippen LogP contribution is 2.25. The predicted octanol–water partition coefficient (Wildman–Crippen LogP) is 2.75. The summed E-state index contributed by atoms with van der Waals surface area (Å²) in [5.41, 5.74) is 1.45. The Morgan fingerprint density at radius 3 is 2.75 bits per heavy atom. The SMILES string of the molecule is CNCCN(C)C(=O)c1csc(-c2ccc(Cl)cc2)n1. The van der Waals surface area contributed by atoms with E-state index >= 15 is 0 Å². The van der Waals surface area contributed by atoms with Gasteiger partial charge in [-0.05, 0) is 19.2 Å². The molecule has 1 N–H and O–H groups in total. The molecule has 1 amide bonds. The van der Waals surface area contributed by atoms with Crippen LogP contribution in [-0.2, 0) is 0 Å². The second-order valence-electron chi connectivity index (χ2n) is 4.38. The topological polar surface area (TPSA) is 45.2 Å². The molecule has 1 aromatic carbocycles. The van der Waals surface area contributed by atoms with Gasteiger partial charge in [0.05, 0.1) is 0 Å². The van der Waals surface area contributed by atoms with Crippen molar-refractivity contribution in [2.24, 2.45) is 0 Å². The molecule has 0 bridgehead atoms. The highest BCUT2D eigenvalue weighted by molar-refractivity contribution is 7.13. The molecule has 1 aromatic heterocycles. The minimum absolute atomic E-state index is 0.0586. The molecule has 2 aromatic rings. The van der Waals surface area contributed by atoms with Crippen LogP contribution in [0.1, 0.15) is 10.5 Å². The van der Waals surface area contributed by atoms with E-state index in [2.05, 4.69) is 10.3 Å². The minimum Gasteiger partial charge on any atom is -0.339 e. The zero-order valence-electron chi connectivity index (χ0n) is 11.4. The summed E-state index contributed by atoms with van der Waals surface area (Å²) in [6.07, 6.45) is 0. The fourth-order valence-electron chi connectivity index (χ4n) is 1.67. The molecule has 20 heavy (non-hydrogen) atoms. The van der Waals surface area contributed by atoms with Gasteiger partial charge in [0.15, 0.2) is 0 Å². The molecule has 0 atom stereocenters. The maximum Gasteiger partial charge on any atom is 0.273 e. The number of likely N-dealkylation sites (N-methyl/N-ethyl adjacent to an activating group) is 2. The molecule has 4 nitrogen and oxygen atoms in total. The Morgan fingerprint density at radius 1 is 1.40 bits per heavy atom. The van der Waals surface area contributed by atoms with Gasteiger partial charge in [-0.3, -0.25) is 4.79 Å². The second-order valence-corrected chi connectivity index (χ2v) is 5.67. The monoisotopic (exact) mass is 309 g/mol. The van der Waals surface area contributed by atoms with Gasteiger partial charge in [0, 0.05) is 36.1 Å². The van der Waals surface area contributed by atoms with Gasteiger partial charge in [-0.1, -0.05) is 23.7 Å². The van der Waals surface area contributed by atoms with Crippen LogP contribution in [0.2, 0.25) is 5.02 Å². The maximum absolute atomic E-state index is 12.2. The highest BCUT2D eigenvalue weighted by atomic mass is 35.5. The van der Waals surface area contributed by atoms with Crippen LogP contribution < -0.4 is 5.32 Å². The van der Waals surface area contributed by atoms with Crippen LogP contribution >= 0.6 is 22.9 Å². The minimum atomic E-state index is -0.0586. The van der Waals surface area contributed by atoms with Crippen LogP contribution in [0.5, 0.6) is 0 Å². The summed E-state index contributed by atoms with van der Waals surface area (Å²) in [6.45, 7) is 1.42. The fraction of sp³-hybridized carbons (Fsp3) is 0.286. The number of rotatable bonds is 5. The van der Waals surface area contributed by atoms with Crippen molar-refractivity contribution in [1.29, 1.82) is 0 Å². The molecule has 2 rings (SSSR count). The molecule has 0 saturated carbocycles. The van der Waals surface area contributed by atoms with Crippen molar-refractivity contribution < 1.29 is 4.79 Å². The zero-order chi connectivity index (χ0) is 14.5. The van der Waals surface area contributed by atoms with Crippen molar-refractivity contribution in [1.82, 2.24) is 15.2 Å². The number of hydrogen-bond acceptors (Lipinski definition) is 4. The van der Waals surface area contributed by atoms with Crippen molar-refractivity contribution in [3.8, 4) is 10.6 Å². The van der Waals surface area contributed by atoms with Gasteiger partial charge < -0.3 is 10.2 Å². The molecule has 0 unspecified atom stereocenters. The van der Waals surface area contributed by atoms with E-state index in [1.807, 2.05) is 31.3 Å². The Kier molecular flexibility index (Phi) is 5.11. The number of carbonyl (C=O) groups is 1. The Morgan fingerprint density at radius 2 is 2.10 bits per heavy atom. The average Bonchev–Trinajstić information content (AvgIpc) is 2.94. The first kappa shape index (κ1) is 15.0. The first-order valence-electron chi connectivity index (χ1n) is 6.23. The Balaban J connectivity index is 2.12. The molecule has 0 aliphatic carbocycles. The molecule has 0 saturated heterocycles. The maximum atomic E-state index is 12.2. The third-order valence-electron chi connectivity index (χ3n) is 2.86. The number of nitrogens with one attached hydrogen (secondary N) is 1. The van der Waals surface area contributed by atoms with Crippen LogP contribution in [0.4, 0.5) is 0 Å². The number of hydrogen-bond donors (Lipinski definition) is 1. The summed E-state index contributed by atoms with van der Waals surface area (Å²) in [4.78, 5) is 18.2. The van der Waals surface area contributed by atoms with Crippen molar-refractivity contribution in [3.63, 3.8) is 0 Å². The average molecular weight is 310 g/mol. The third kappa shape index (κ3) is 3.56. The van der Waals surface area contributed by atoms with Crippen molar-refractivity contribution >= 4 is 28.8 Å². The van der Waals surface area contributed by atoms with E-state index in [0.29, 0.717) is 17.3 Å². The molecular weight excluding hydrogens is 294 g/mol. The quantitative estimate of drug-likeness (QED) is 0.923. The van der Waals surface area contributed by atoms with Crippen LogP contribution in [0.3, 0.4) is 0 Å². The van der Waals surface area contributed by atoms with Gasteiger partial charge >= 0.3 is 0 Å². The Hall–Kier alpha value is -1.43. The van der Waals surface area contributed by atoms with E-state index in [1.54, 1.807) is 17.3 Å². The lowest BCUT2D eigenvalue weighted by molar-refractivity contribution is 0.0792. The van der Waals surface area contributed by atoms with E-state index in [-0.39, 0.29) is 5.91 Å². The smallest absolute Gasteiger partial charge is 0.273 e. The van der Waals surface area contributed by atoms with Crippen molar-refractivity contribution in [2.45, 2.75) is 0 Å². The lowest BCUT2D eigenvalue weighted by Crippen LogP contribution is -2.32. The van der Waals surface area contributed by atoms with Gasteiger partial charge in [0.1, 0.15) is 10.7 Å². The molecule has 1 heterocycles. The van der Waals surface area contributed by atoms with E-state index in [0.717, 1.165) is 17.1 Å². The zero-order valence-corrected chi connectivity index (χ0v) is 13.0. The van der Waals surface area contributed by atoms with Crippen LogP contribution in [0.25, 0.3) is 10.6 Å². The summed E-state index contributed by atoms with van der Waals surface area (Å²) < 4.78 is 0. The van der Waals surface area contributed by atoms with Gasteiger partial charge in [0.25, 0.3) is 5.91 Å². The lowest BCUT2D eigenvalue weighted by atomic mass is 10.2. The summed E-state index contributed by atoms with van der Waals surface area (Å²) in [7, 11) is 3.64. The molecule has 0 spiro atoms. The molecule has 0 aliphatic heterocycles. The Bertz CT molecular complexity index is 582. The molecule has 0 fully saturated rings. The van der Waals surface area contributed by atoms with Crippen molar-refractivity contribution in [2.75, 3.05) is 27.2 Å². The number of aromatic nitrogens is 1. The predicted molar refractivity (Wildman–Crippen MR) is 83.4 cm³/mol. The molecule has 6 heteroatoms. The second kappa shape index (κ2) is 6.83. The van der Waals surface area contributed by atoms with E-state index in [1.165, 1.54) is 11.3 Å². The Labute approximate surface area is 127 Å².